The Labute approximate surface area is 141 Å². The van der Waals surface area contributed by atoms with Crippen LogP contribution in [0.15, 0.2) is 0 Å². The first-order valence-electron chi connectivity index (χ1n) is 10.1. The zero-order valence-corrected chi connectivity index (χ0v) is 15.0. The molecular formula is C21H34O2. The molecule has 130 valence electrons. The van der Waals surface area contributed by atoms with E-state index in [1.807, 2.05) is 6.92 Å². The summed E-state index contributed by atoms with van der Waals surface area (Å²) in [5.74, 6) is 3.76. The molecule has 4 saturated carbocycles. The minimum Gasteiger partial charge on any atom is -0.396 e. The van der Waals surface area contributed by atoms with Gasteiger partial charge in [0.05, 0.1) is 0 Å². The van der Waals surface area contributed by atoms with Crippen molar-refractivity contribution in [2.24, 2.45) is 40.4 Å². The summed E-state index contributed by atoms with van der Waals surface area (Å²) in [4.78, 5) is 12.2. The maximum Gasteiger partial charge on any atom is 0.133 e. The molecule has 0 aliphatic heterocycles. The third-order valence-corrected chi connectivity index (χ3v) is 9.07. The zero-order valence-electron chi connectivity index (χ0n) is 15.0. The van der Waals surface area contributed by atoms with Crippen molar-refractivity contribution in [1.29, 1.82) is 0 Å². The van der Waals surface area contributed by atoms with Gasteiger partial charge in [0.25, 0.3) is 0 Å². The second-order valence-electron chi connectivity index (χ2n) is 9.57. The Bertz CT molecular complexity index is 486. The minimum atomic E-state index is 0.233. The number of hydrogen-bond donors (Lipinski definition) is 1. The van der Waals surface area contributed by atoms with E-state index in [9.17, 15) is 9.90 Å². The van der Waals surface area contributed by atoms with E-state index in [1.165, 1.54) is 57.8 Å². The molecule has 2 heteroatoms. The molecule has 4 aliphatic carbocycles. The lowest BCUT2D eigenvalue weighted by Crippen LogP contribution is -2.55. The van der Waals surface area contributed by atoms with Crippen molar-refractivity contribution in [3.8, 4) is 0 Å². The van der Waals surface area contributed by atoms with Crippen LogP contribution in [0.4, 0.5) is 0 Å². The van der Waals surface area contributed by atoms with Crippen LogP contribution in [0.5, 0.6) is 0 Å². The lowest BCUT2D eigenvalue weighted by atomic mass is 9.44. The standard InChI is InChI=1S/C21H34O2/c1-14(23)17-8-9-18-16-7-6-15-5-3-4-11-21(15,13-22)19(16)10-12-20(17,18)2/h15-19,22H,3-13H2,1-2H3/t15?,16?,17?,18?,19-,20?,21?/m0/s1. The van der Waals surface area contributed by atoms with Crippen molar-refractivity contribution >= 4 is 5.78 Å². The first-order chi connectivity index (χ1) is 11.0. The Kier molecular flexibility index (Phi) is 3.91. The van der Waals surface area contributed by atoms with Gasteiger partial charge in [-0.1, -0.05) is 19.8 Å². The summed E-state index contributed by atoms with van der Waals surface area (Å²) < 4.78 is 0. The van der Waals surface area contributed by atoms with Gasteiger partial charge in [0.2, 0.25) is 0 Å². The van der Waals surface area contributed by atoms with E-state index in [0.717, 1.165) is 30.1 Å². The van der Waals surface area contributed by atoms with Gasteiger partial charge in [-0.3, -0.25) is 4.79 Å². The Morgan fingerprint density at radius 1 is 1.00 bits per heavy atom. The smallest absolute Gasteiger partial charge is 0.133 e. The quantitative estimate of drug-likeness (QED) is 0.808. The number of hydrogen-bond acceptors (Lipinski definition) is 2. The van der Waals surface area contributed by atoms with E-state index < -0.39 is 0 Å². The highest BCUT2D eigenvalue weighted by Crippen LogP contribution is 2.67. The van der Waals surface area contributed by atoms with Gasteiger partial charge in [-0.25, -0.2) is 0 Å². The van der Waals surface area contributed by atoms with Crippen LogP contribution in [-0.4, -0.2) is 17.5 Å². The van der Waals surface area contributed by atoms with Crippen molar-refractivity contribution in [2.45, 2.75) is 78.1 Å². The lowest BCUT2D eigenvalue weighted by Gasteiger charge is -2.61. The maximum atomic E-state index is 12.2. The summed E-state index contributed by atoms with van der Waals surface area (Å²) >= 11 is 0. The number of ketones is 1. The molecule has 4 fully saturated rings. The molecule has 0 spiro atoms. The molecule has 0 heterocycles. The Morgan fingerprint density at radius 2 is 1.83 bits per heavy atom. The molecule has 4 aliphatic rings. The normalized spacial score (nSPS) is 52.4. The highest BCUT2D eigenvalue weighted by atomic mass is 16.3. The van der Waals surface area contributed by atoms with E-state index in [-0.39, 0.29) is 10.8 Å². The van der Waals surface area contributed by atoms with E-state index >= 15 is 0 Å². The van der Waals surface area contributed by atoms with E-state index in [0.29, 0.717) is 18.3 Å². The van der Waals surface area contributed by atoms with Crippen LogP contribution in [0.2, 0.25) is 0 Å². The molecule has 0 amide bonds. The average Bonchev–Trinajstić information content (AvgIpc) is 2.91. The summed E-state index contributed by atoms with van der Waals surface area (Å²) in [5.41, 5.74) is 0.488. The van der Waals surface area contributed by atoms with Crippen LogP contribution >= 0.6 is 0 Å². The van der Waals surface area contributed by atoms with Crippen LogP contribution in [0.3, 0.4) is 0 Å². The molecule has 7 atom stereocenters. The molecule has 23 heavy (non-hydrogen) atoms. The fourth-order valence-corrected chi connectivity index (χ4v) is 8.05. The first kappa shape index (κ1) is 16.1. The molecule has 1 N–H and O–H groups in total. The van der Waals surface area contributed by atoms with Crippen LogP contribution in [0.25, 0.3) is 0 Å². The molecule has 0 bridgehead atoms. The van der Waals surface area contributed by atoms with Crippen molar-refractivity contribution in [2.75, 3.05) is 6.61 Å². The molecule has 6 unspecified atom stereocenters. The molecule has 4 rings (SSSR count). The highest BCUT2D eigenvalue weighted by Gasteiger charge is 2.61. The third-order valence-electron chi connectivity index (χ3n) is 9.07. The van der Waals surface area contributed by atoms with Gasteiger partial charge in [-0.15, -0.1) is 0 Å². The SMILES string of the molecule is CC(=O)C1CCC2C3CCC4CCCCC4(CO)[C@H]3CCC12C. The van der Waals surface area contributed by atoms with Crippen molar-refractivity contribution in [3.05, 3.63) is 0 Å². The summed E-state index contributed by atoms with van der Waals surface area (Å²) in [6.07, 6.45) is 12.9. The van der Waals surface area contributed by atoms with Gasteiger partial charge in [-0.05, 0) is 92.8 Å². The van der Waals surface area contributed by atoms with Crippen LogP contribution in [0, 0.1) is 40.4 Å². The largest absolute Gasteiger partial charge is 0.396 e. The van der Waals surface area contributed by atoms with Crippen LogP contribution in [0.1, 0.15) is 78.1 Å². The van der Waals surface area contributed by atoms with E-state index in [2.05, 4.69) is 6.92 Å². The fraction of sp³-hybridized carbons (Fsp3) is 0.952. The monoisotopic (exact) mass is 318 g/mol. The maximum absolute atomic E-state index is 12.2. The molecule has 0 saturated heterocycles. The van der Waals surface area contributed by atoms with Gasteiger partial charge in [0.15, 0.2) is 0 Å². The summed E-state index contributed by atoms with van der Waals surface area (Å²) in [6.45, 7) is 4.65. The van der Waals surface area contributed by atoms with Crippen molar-refractivity contribution in [3.63, 3.8) is 0 Å². The van der Waals surface area contributed by atoms with Gasteiger partial charge >= 0.3 is 0 Å². The number of carbonyl (C=O) groups excluding carboxylic acids is 1. The fourth-order valence-electron chi connectivity index (χ4n) is 8.05. The molecule has 2 nitrogen and oxygen atoms in total. The summed E-state index contributed by atoms with van der Waals surface area (Å²) in [7, 11) is 0. The number of aliphatic hydroxyl groups is 1. The number of aliphatic hydroxyl groups excluding tert-OH is 1. The average molecular weight is 319 g/mol. The first-order valence-corrected chi connectivity index (χ1v) is 10.1. The van der Waals surface area contributed by atoms with Gasteiger partial charge in [0.1, 0.15) is 5.78 Å². The highest BCUT2D eigenvalue weighted by molar-refractivity contribution is 5.79. The lowest BCUT2D eigenvalue weighted by molar-refractivity contribution is -0.145. The molecule has 0 radical (unpaired) electrons. The predicted molar refractivity (Wildman–Crippen MR) is 91.9 cm³/mol. The number of rotatable bonds is 2. The zero-order chi connectivity index (χ0) is 16.2. The van der Waals surface area contributed by atoms with E-state index in [4.69, 9.17) is 0 Å². The van der Waals surface area contributed by atoms with Crippen molar-refractivity contribution in [1.82, 2.24) is 0 Å². The van der Waals surface area contributed by atoms with Crippen LogP contribution in [-0.2, 0) is 4.79 Å². The van der Waals surface area contributed by atoms with Gasteiger partial charge in [0, 0.05) is 12.5 Å². The topological polar surface area (TPSA) is 37.3 Å². The molecule has 0 aromatic rings. The number of fused-ring (bicyclic) bond motifs is 5. The minimum absolute atomic E-state index is 0.233. The Balaban J connectivity index is 1.65. The second kappa shape index (κ2) is 5.58. The Morgan fingerprint density at radius 3 is 2.57 bits per heavy atom. The number of carbonyl (C=O) groups is 1. The molecule has 0 aromatic heterocycles. The second-order valence-corrected chi connectivity index (χ2v) is 9.57. The van der Waals surface area contributed by atoms with Crippen molar-refractivity contribution < 1.29 is 9.90 Å². The van der Waals surface area contributed by atoms with E-state index in [1.54, 1.807) is 0 Å². The molecular weight excluding hydrogens is 284 g/mol. The number of Topliss-reactive ketones (excluding diaryl/α,β-unsaturated/α-hetero) is 1. The summed E-state index contributed by atoms with van der Waals surface area (Å²) in [5, 5.41) is 10.4. The van der Waals surface area contributed by atoms with Gasteiger partial charge in [-0.2, -0.15) is 0 Å². The van der Waals surface area contributed by atoms with Gasteiger partial charge < -0.3 is 5.11 Å². The Hall–Kier alpha value is -0.370. The molecule has 0 aromatic carbocycles. The predicted octanol–water partition coefficient (Wildman–Crippen LogP) is 4.60. The van der Waals surface area contributed by atoms with Crippen LogP contribution < -0.4 is 0 Å². The summed E-state index contributed by atoms with van der Waals surface area (Å²) in [6, 6.07) is 0. The third kappa shape index (κ3) is 2.12.